The normalized spacial score (nSPS) is 25.9. The molecule has 3 aliphatic rings. The molecule has 3 aliphatic heterocycles. The van der Waals surface area contributed by atoms with Crippen LogP contribution >= 0.6 is 0 Å². The van der Waals surface area contributed by atoms with Gasteiger partial charge < -0.3 is 14.2 Å². The maximum atomic E-state index is 6.35. The van der Waals surface area contributed by atoms with Crippen LogP contribution in [0.1, 0.15) is 94.9 Å². The molecular formula is C33H56O3. The van der Waals surface area contributed by atoms with Crippen molar-refractivity contribution in [2.75, 3.05) is 33.0 Å². The molecule has 0 bridgehead atoms. The zero-order valence-corrected chi connectivity index (χ0v) is 25.2. The molecule has 0 aliphatic carbocycles. The van der Waals surface area contributed by atoms with Crippen LogP contribution in [0.5, 0.6) is 0 Å². The molecular weight excluding hydrogens is 444 g/mol. The Kier molecular flexibility index (Phi) is 10.8. The van der Waals surface area contributed by atoms with Crippen LogP contribution in [0.15, 0.2) is 33.6 Å². The second-order valence-electron chi connectivity index (χ2n) is 13.1. The number of ether oxygens (including phenoxy) is 3. The van der Waals surface area contributed by atoms with Gasteiger partial charge in [-0.2, -0.15) is 0 Å². The van der Waals surface area contributed by atoms with Gasteiger partial charge in [0.1, 0.15) is 0 Å². The first-order valence-electron chi connectivity index (χ1n) is 15.0. The summed E-state index contributed by atoms with van der Waals surface area (Å²) in [7, 11) is 0. The molecule has 0 saturated carbocycles. The molecule has 0 saturated heterocycles. The SMILES string of the molecule is CC(C)C1=C(C(C)CC2COCC(C(C)CC3CCOC(C(C)C)=C3C(C)C)=C2C(C)C)CCOC1. The van der Waals surface area contributed by atoms with Crippen molar-refractivity contribution in [2.45, 2.75) is 94.9 Å². The third kappa shape index (κ3) is 6.87. The van der Waals surface area contributed by atoms with Crippen molar-refractivity contribution >= 4 is 0 Å². The zero-order valence-electron chi connectivity index (χ0n) is 25.2. The van der Waals surface area contributed by atoms with Crippen molar-refractivity contribution in [2.24, 2.45) is 47.3 Å². The van der Waals surface area contributed by atoms with Crippen molar-refractivity contribution < 1.29 is 14.2 Å². The lowest BCUT2D eigenvalue weighted by atomic mass is 9.72. The zero-order chi connectivity index (χ0) is 26.6. The van der Waals surface area contributed by atoms with Gasteiger partial charge in [0.05, 0.1) is 38.8 Å². The highest BCUT2D eigenvalue weighted by molar-refractivity contribution is 5.27. The third-order valence-corrected chi connectivity index (χ3v) is 8.95. The maximum Gasteiger partial charge on any atom is 0.0982 e. The van der Waals surface area contributed by atoms with Gasteiger partial charge in [0.15, 0.2) is 0 Å². The van der Waals surface area contributed by atoms with Gasteiger partial charge in [0.25, 0.3) is 0 Å². The molecule has 0 fully saturated rings. The first kappa shape index (κ1) is 29.5. The largest absolute Gasteiger partial charge is 0.498 e. The van der Waals surface area contributed by atoms with Crippen LogP contribution in [-0.2, 0) is 14.2 Å². The summed E-state index contributed by atoms with van der Waals surface area (Å²) in [5.41, 5.74) is 8.08. The van der Waals surface area contributed by atoms with Gasteiger partial charge in [-0.05, 0) is 77.9 Å². The van der Waals surface area contributed by atoms with Crippen molar-refractivity contribution in [1.29, 1.82) is 0 Å². The summed E-state index contributed by atoms with van der Waals surface area (Å²) in [5.74, 6) is 5.68. The Labute approximate surface area is 223 Å². The van der Waals surface area contributed by atoms with Crippen LogP contribution in [-0.4, -0.2) is 33.0 Å². The quantitative estimate of drug-likeness (QED) is 0.281. The Morgan fingerprint density at radius 3 is 1.83 bits per heavy atom. The fraction of sp³-hybridized carbons (Fsp3) is 0.818. The van der Waals surface area contributed by atoms with E-state index in [1.165, 1.54) is 18.6 Å². The molecule has 36 heavy (non-hydrogen) atoms. The smallest absolute Gasteiger partial charge is 0.0982 e. The minimum Gasteiger partial charge on any atom is -0.498 e. The van der Waals surface area contributed by atoms with E-state index in [0.29, 0.717) is 47.3 Å². The van der Waals surface area contributed by atoms with Gasteiger partial charge in [-0.15, -0.1) is 0 Å². The Hall–Kier alpha value is -1.06. The Morgan fingerprint density at radius 1 is 0.611 bits per heavy atom. The lowest BCUT2D eigenvalue weighted by Gasteiger charge is -2.38. The predicted octanol–water partition coefficient (Wildman–Crippen LogP) is 8.61. The van der Waals surface area contributed by atoms with Crippen molar-refractivity contribution in [3.63, 3.8) is 0 Å². The molecule has 0 spiro atoms. The summed E-state index contributed by atoms with van der Waals surface area (Å²) in [6.07, 6.45) is 4.65. The van der Waals surface area contributed by atoms with Crippen LogP contribution in [0.3, 0.4) is 0 Å². The van der Waals surface area contributed by atoms with Gasteiger partial charge in [0, 0.05) is 11.8 Å². The minimum absolute atomic E-state index is 0.463. The summed E-state index contributed by atoms with van der Waals surface area (Å²) in [4.78, 5) is 0. The van der Waals surface area contributed by atoms with E-state index < -0.39 is 0 Å². The predicted molar refractivity (Wildman–Crippen MR) is 152 cm³/mol. The second kappa shape index (κ2) is 13.1. The van der Waals surface area contributed by atoms with E-state index in [4.69, 9.17) is 14.2 Å². The van der Waals surface area contributed by atoms with Crippen LogP contribution in [0.25, 0.3) is 0 Å². The molecule has 0 radical (unpaired) electrons. The van der Waals surface area contributed by atoms with E-state index in [2.05, 4.69) is 69.2 Å². The highest BCUT2D eigenvalue weighted by Gasteiger charge is 2.34. The topological polar surface area (TPSA) is 27.7 Å². The van der Waals surface area contributed by atoms with Crippen LogP contribution in [0.4, 0.5) is 0 Å². The number of allylic oxidation sites excluding steroid dienone is 2. The fourth-order valence-electron chi connectivity index (χ4n) is 7.32. The summed E-state index contributed by atoms with van der Waals surface area (Å²) in [6, 6.07) is 0. The number of hydrogen-bond acceptors (Lipinski definition) is 3. The Balaban J connectivity index is 1.85. The molecule has 3 rings (SSSR count). The molecule has 0 aromatic carbocycles. The number of rotatable bonds is 10. The molecule has 206 valence electrons. The maximum absolute atomic E-state index is 6.35. The first-order valence-corrected chi connectivity index (χ1v) is 15.0. The molecule has 3 heteroatoms. The minimum atomic E-state index is 0.463. The van der Waals surface area contributed by atoms with Gasteiger partial charge >= 0.3 is 0 Å². The van der Waals surface area contributed by atoms with E-state index in [1.807, 2.05) is 0 Å². The van der Waals surface area contributed by atoms with E-state index >= 15 is 0 Å². The molecule has 4 atom stereocenters. The van der Waals surface area contributed by atoms with Crippen LogP contribution in [0, 0.1) is 47.3 Å². The monoisotopic (exact) mass is 500 g/mol. The number of hydrogen-bond donors (Lipinski definition) is 0. The van der Waals surface area contributed by atoms with E-state index in [9.17, 15) is 0 Å². The average Bonchev–Trinajstić information content (AvgIpc) is 2.83. The van der Waals surface area contributed by atoms with E-state index in [-0.39, 0.29) is 0 Å². The standard InChI is InChI=1S/C33H56O3/c1-20(2)29-18-34-13-12-28(29)24(9)16-27-17-35-19-30(31(27)21(3)4)25(10)15-26-11-14-36-33(23(7)8)32(26)22(5)6/h20-27H,11-19H2,1-10H3. The Morgan fingerprint density at radius 2 is 1.22 bits per heavy atom. The summed E-state index contributed by atoms with van der Waals surface area (Å²) < 4.78 is 18.4. The molecule has 3 heterocycles. The lowest BCUT2D eigenvalue weighted by Crippen LogP contribution is -2.31. The molecule has 0 aromatic heterocycles. The van der Waals surface area contributed by atoms with Crippen molar-refractivity contribution in [3.8, 4) is 0 Å². The van der Waals surface area contributed by atoms with E-state index in [1.54, 1.807) is 27.9 Å². The van der Waals surface area contributed by atoms with Gasteiger partial charge in [0.2, 0.25) is 0 Å². The highest BCUT2D eigenvalue weighted by Crippen LogP contribution is 2.43. The van der Waals surface area contributed by atoms with Crippen LogP contribution < -0.4 is 0 Å². The first-order chi connectivity index (χ1) is 17.0. The third-order valence-electron chi connectivity index (χ3n) is 8.95. The molecule has 0 amide bonds. The van der Waals surface area contributed by atoms with Crippen molar-refractivity contribution in [3.05, 3.63) is 33.6 Å². The van der Waals surface area contributed by atoms with Gasteiger partial charge in [-0.1, -0.05) is 80.4 Å². The highest BCUT2D eigenvalue weighted by atomic mass is 16.5. The molecule has 4 unspecified atom stereocenters. The van der Waals surface area contributed by atoms with Gasteiger partial charge in [-0.25, -0.2) is 0 Å². The second-order valence-corrected chi connectivity index (χ2v) is 13.1. The molecule has 0 aromatic rings. The van der Waals surface area contributed by atoms with Crippen molar-refractivity contribution in [1.82, 2.24) is 0 Å². The Bertz CT molecular complexity index is 826. The van der Waals surface area contributed by atoms with E-state index in [0.717, 1.165) is 45.9 Å². The molecule has 3 nitrogen and oxygen atoms in total. The van der Waals surface area contributed by atoms with Gasteiger partial charge in [-0.3, -0.25) is 0 Å². The fourth-order valence-corrected chi connectivity index (χ4v) is 7.32. The lowest BCUT2D eigenvalue weighted by molar-refractivity contribution is 0.0882. The summed E-state index contributed by atoms with van der Waals surface area (Å²) >= 11 is 0. The van der Waals surface area contributed by atoms with Crippen LogP contribution in [0.2, 0.25) is 0 Å². The summed E-state index contributed by atoms with van der Waals surface area (Å²) in [6.45, 7) is 27.9. The molecule has 0 N–H and O–H groups in total. The average molecular weight is 501 g/mol. The summed E-state index contributed by atoms with van der Waals surface area (Å²) in [5, 5.41) is 0.